The maximum Gasteiger partial charge on any atom is 0.516 e. The highest BCUT2D eigenvalue weighted by Crippen LogP contribution is 2.36. The van der Waals surface area contributed by atoms with E-state index in [1.807, 2.05) is 17.5 Å². The van der Waals surface area contributed by atoms with E-state index >= 15 is 0 Å². The molecular formula is C21H19ClF3N3O2S2. The molecule has 1 aliphatic rings. The van der Waals surface area contributed by atoms with Crippen molar-refractivity contribution >= 4 is 44.3 Å². The molecule has 1 aliphatic heterocycles. The van der Waals surface area contributed by atoms with Gasteiger partial charge < -0.3 is 4.90 Å². The molecule has 1 N–H and O–H groups in total. The van der Waals surface area contributed by atoms with Gasteiger partial charge in [-0.2, -0.15) is 21.6 Å². The zero-order valence-corrected chi connectivity index (χ0v) is 19.1. The fourth-order valence-corrected chi connectivity index (χ4v) is 5.16. The highest BCUT2D eigenvalue weighted by molar-refractivity contribution is 7.93. The number of hydrogen-bond donors (Lipinski definition) is 1. The molecule has 2 aromatic carbocycles. The molecular weight excluding hydrogens is 483 g/mol. The van der Waals surface area contributed by atoms with E-state index in [1.165, 1.54) is 47.5 Å². The number of benzene rings is 2. The van der Waals surface area contributed by atoms with Crippen molar-refractivity contribution in [2.45, 2.75) is 24.8 Å². The number of piperidine rings is 1. The van der Waals surface area contributed by atoms with E-state index in [-0.39, 0.29) is 10.7 Å². The van der Waals surface area contributed by atoms with Crippen LogP contribution in [-0.2, 0) is 10.0 Å². The van der Waals surface area contributed by atoms with Crippen LogP contribution < -0.4 is 9.62 Å². The molecule has 170 valence electrons. The average molecular weight is 502 g/mol. The van der Waals surface area contributed by atoms with Crippen molar-refractivity contribution in [2.24, 2.45) is 0 Å². The largest absolute Gasteiger partial charge is 0.516 e. The zero-order valence-electron chi connectivity index (χ0n) is 16.7. The zero-order chi connectivity index (χ0) is 22.9. The molecule has 1 fully saturated rings. The lowest BCUT2D eigenvalue weighted by molar-refractivity contribution is -0.0429. The summed E-state index contributed by atoms with van der Waals surface area (Å²) in [5.41, 5.74) is -2.51. The number of nitrogens with zero attached hydrogens (tertiary/aromatic N) is 2. The third-order valence-corrected chi connectivity index (χ3v) is 7.44. The molecule has 0 saturated carbocycles. The van der Waals surface area contributed by atoms with E-state index in [0.717, 1.165) is 35.4 Å². The van der Waals surface area contributed by atoms with Crippen molar-refractivity contribution in [1.82, 2.24) is 4.98 Å². The Balaban J connectivity index is 1.56. The number of hydrogen-bond acceptors (Lipinski definition) is 5. The minimum Gasteiger partial charge on any atom is -0.372 e. The summed E-state index contributed by atoms with van der Waals surface area (Å²) >= 11 is 7.66. The Kier molecular flexibility index (Phi) is 6.37. The Morgan fingerprint density at radius 1 is 1.06 bits per heavy atom. The summed E-state index contributed by atoms with van der Waals surface area (Å²) in [5.74, 6) is 0. The topological polar surface area (TPSA) is 62.3 Å². The van der Waals surface area contributed by atoms with Crippen molar-refractivity contribution in [1.29, 1.82) is 0 Å². The molecule has 3 aromatic rings. The van der Waals surface area contributed by atoms with Gasteiger partial charge in [0.25, 0.3) is 0 Å². The standard InChI is InChI=1S/C21H19ClF3N3O2S2/c22-18-12-15(27-32(29,30)21(23,24)25)7-8-17(18)19-13-31-20(26-19)14-5-4-6-16(11-14)28-9-2-1-3-10-28/h4-8,11-13,27H,1-3,9-10H2. The normalized spacial score (nSPS) is 15.1. The lowest BCUT2D eigenvalue weighted by Crippen LogP contribution is -2.29. The van der Waals surface area contributed by atoms with Crippen molar-refractivity contribution in [3.05, 3.63) is 52.9 Å². The fourth-order valence-electron chi connectivity index (χ4n) is 3.52. The quantitative estimate of drug-likeness (QED) is 0.440. The highest BCUT2D eigenvalue weighted by Gasteiger charge is 2.46. The average Bonchev–Trinajstić information content (AvgIpc) is 3.23. The molecule has 4 rings (SSSR count). The summed E-state index contributed by atoms with van der Waals surface area (Å²) in [6, 6.07) is 12.0. The molecule has 0 aliphatic carbocycles. The van der Waals surface area contributed by atoms with Crippen molar-refractivity contribution in [2.75, 3.05) is 22.7 Å². The van der Waals surface area contributed by atoms with Gasteiger partial charge in [-0.15, -0.1) is 11.3 Å². The van der Waals surface area contributed by atoms with Gasteiger partial charge in [0.1, 0.15) is 5.01 Å². The van der Waals surface area contributed by atoms with E-state index in [2.05, 4.69) is 22.0 Å². The molecule has 1 saturated heterocycles. The van der Waals surface area contributed by atoms with Crippen LogP contribution in [0.3, 0.4) is 0 Å². The first-order valence-corrected chi connectivity index (χ1v) is 12.6. The van der Waals surface area contributed by atoms with Crippen molar-refractivity contribution in [3.8, 4) is 21.8 Å². The third-order valence-electron chi connectivity index (χ3n) is 5.12. The number of anilines is 2. The maximum absolute atomic E-state index is 12.6. The second kappa shape index (κ2) is 8.92. The summed E-state index contributed by atoms with van der Waals surface area (Å²) < 4.78 is 61.8. The molecule has 0 unspecified atom stereocenters. The first kappa shape index (κ1) is 22.9. The summed E-state index contributed by atoms with van der Waals surface area (Å²) in [7, 11) is -5.52. The summed E-state index contributed by atoms with van der Waals surface area (Å²) in [4.78, 5) is 7.00. The Hall–Kier alpha value is -2.30. The van der Waals surface area contributed by atoms with Gasteiger partial charge in [0.05, 0.1) is 16.4 Å². The molecule has 0 spiro atoms. The van der Waals surface area contributed by atoms with Gasteiger partial charge >= 0.3 is 15.5 Å². The first-order valence-electron chi connectivity index (χ1n) is 9.84. The van der Waals surface area contributed by atoms with Crippen LogP contribution in [-0.4, -0.2) is 32.0 Å². The van der Waals surface area contributed by atoms with Gasteiger partial charge in [-0.3, -0.25) is 4.72 Å². The minimum absolute atomic E-state index is 0.0892. The van der Waals surface area contributed by atoms with E-state index in [9.17, 15) is 21.6 Å². The number of halogens is 4. The second-order valence-electron chi connectivity index (χ2n) is 7.38. The first-order chi connectivity index (χ1) is 15.1. The smallest absolute Gasteiger partial charge is 0.372 e. The molecule has 0 bridgehead atoms. The number of rotatable bonds is 5. The van der Waals surface area contributed by atoms with Crippen molar-refractivity contribution in [3.63, 3.8) is 0 Å². The third kappa shape index (κ3) is 4.87. The van der Waals surface area contributed by atoms with E-state index in [1.54, 1.807) is 0 Å². The van der Waals surface area contributed by atoms with Crippen LogP contribution >= 0.6 is 22.9 Å². The lowest BCUT2D eigenvalue weighted by atomic mass is 10.1. The number of sulfonamides is 1. The number of alkyl halides is 3. The lowest BCUT2D eigenvalue weighted by Gasteiger charge is -2.29. The summed E-state index contributed by atoms with van der Waals surface area (Å²) in [5, 5.41) is 2.69. The highest BCUT2D eigenvalue weighted by atomic mass is 35.5. The molecule has 2 heterocycles. The van der Waals surface area contributed by atoms with E-state index in [0.29, 0.717) is 11.3 Å². The molecule has 0 atom stereocenters. The Morgan fingerprint density at radius 2 is 1.81 bits per heavy atom. The van der Waals surface area contributed by atoms with E-state index < -0.39 is 15.5 Å². The van der Waals surface area contributed by atoms with Gasteiger partial charge in [-0.25, -0.2) is 4.98 Å². The predicted molar refractivity (Wildman–Crippen MR) is 123 cm³/mol. The Labute approximate surface area is 192 Å². The fraction of sp³-hybridized carbons (Fsp3) is 0.286. The van der Waals surface area contributed by atoms with Crippen LogP contribution in [0.15, 0.2) is 47.8 Å². The van der Waals surface area contributed by atoms with Gasteiger partial charge in [-0.1, -0.05) is 23.7 Å². The van der Waals surface area contributed by atoms with Crippen LogP contribution in [0.2, 0.25) is 5.02 Å². The van der Waals surface area contributed by atoms with Gasteiger partial charge in [0.15, 0.2) is 0 Å². The van der Waals surface area contributed by atoms with Gasteiger partial charge in [-0.05, 0) is 49.6 Å². The molecule has 11 heteroatoms. The molecule has 5 nitrogen and oxygen atoms in total. The SMILES string of the molecule is O=S(=O)(Nc1ccc(-c2csc(-c3cccc(N4CCCCC4)c3)n2)c(Cl)c1)C(F)(F)F. The van der Waals surface area contributed by atoms with E-state index in [4.69, 9.17) is 11.6 Å². The monoisotopic (exact) mass is 501 g/mol. The van der Waals surface area contributed by atoms with Crippen LogP contribution in [0, 0.1) is 0 Å². The van der Waals surface area contributed by atoms with Crippen LogP contribution in [0.25, 0.3) is 21.8 Å². The van der Waals surface area contributed by atoms with Crippen molar-refractivity contribution < 1.29 is 21.6 Å². The van der Waals surface area contributed by atoms with Crippen LogP contribution in [0.1, 0.15) is 19.3 Å². The van der Waals surface area contributed by atoms with Crippen LogP contribution in [0.5, 0.6) is 0 Å². The second-order valence-corrected chi connectivity index (χ2v) is 10.3. The number of nitrogens with one attached hydrogen (secondary N) is 1. The molecule has 1 aromatic heterocycles. The molecule has 0 radical (unpaired) electrons. The summed E-state index contributed by atoms with van der Waals surface area (Å²) in [6.45, 7) is 2.07. The summed E-state index contributed by atoms with van der Waals surface area (Å²) in [6.07, 6.45) is 3.61. The predicted octanol–water partition coefficient (Wildman–Crippen LogP) is 6.38. The number of thiazole rings is 1. The number of aromatic nitrogens is 1. The molecule has 32 heavy (non-hydrogen) atoms. The van der Waals surface area contributed by atoms with Gasteiger partial charge in [0.2, 0.25) is 0 Å². The van der Waals surface area contributed by atoms with Gasteiger partial charge in [0, 0.05) is 35.3 Å². The Bertz CT molecular complexity index is 1220. The molecule has 0 amide bonds. The Morgan fingerprint density at radius 3 is 2.50 bits per heavy atom. The maximum atomic E-state index is 12.6. The van der Waals surface area contributed by atoms with Crippen LogP contribution in [0.4, 0.5) is 24.5 Å². The minimum atomic E-state index is -5.52.